The van der Waals surface area contributed by atoms with Crippen molar-refractivity contribution in [1.29, 1.82) is 0 Å². The van der Waals surface area contributed by atoms with E-state index in [0.717, 1.165) is 11.8 Å². The number of carbonyl (C=O) groups excluding carboxylic acids is 1. The van der Waals surface area contributed by atoms with Gasteiger partial charge in [0.25, 0.3) is 0 Å². The third-order valence-corrected chi connectivity index (χ3v) is 3.89. The molecule has 0 aromatic rings. The molecule has 0 aliphatic heterocycles. The van der Waals surface area contributed by atoms with Gasteiger partial charge in [0.05, 0.1) is 6.61 Å². The first-order valence-corrected chi connectivity index (χ1v) is 7.08. The maximum absolute atomic E-state index is 11.2. The van der Waals surface area contributed by atoms with Crippen LogP contribution < -0.4 is 0 Å². The molecule has 0 aromatic heterocycles. The molecule has 1 rings (SSSR count). The van der Waals surface area contributed by atoms with E-state index in [1.165, 1.54) is 32.1 Å². The monoisotopic (exact) mass is 240 g/mol. The highest BCUT2D eigenvalue weighted by atomic mass is 16.5. The molecular weight excluding hydrogens is 212 g/mol. The van der Waals surface area contributed by atoms with Crippen molar-refractivity contribution in [3.05, 3.63) is 0 Å². The predicted octanol–water partition coefficient (Wildman–Crippen LogP) is 4.18. The molecule has 0 amide bonds. The molecule has 1 aliphatic carbocycles. The average molecular weight is 240 g/mol. The Kier molecular flexibility index (Phi) is 5.48. The number of rotatable bonds is 5. The molecule has 0 aromatic carbocycles. The number of hydrogen-bond donors (Lipinski definition) is 0. The van der Waals surface area contributed by atoms with Crippen LogP contribution in [0, 0.1) is 17.3 Å². The minimum atomic E-state index is -0.0738. The van der Waals surface area contributed by atoms with E-state index in [0.29, 0.717) is 13.0 Å². The second-order valence-electron chi connectivity index (χ2n) is 6.51. The molecule has 100 valence electrons. The molecule has 2 nitrogen and oxygen atoms in total. The van der Waals surface area contributed by atoms with E-state index in [-0.39, 0.29) is 11.4 Å². The first-order valence-electron chi connectivity index (χ1n) is 7.08. The van der Waals surface area contributed by atoms with Crippen LogP contribution in [0.1, 0.15) is 66.2 Å². The van der Waals surface area contributed by atoms with Gasteiger partial charge in [-0.25, -0.2) is 0 Å². The molecule has 0 spiro atoms. The highest BCUT2D eigenvalue weighted by Crippen LogP contribution is 2.36. The van der Waals surface area contributed by atoms with Crippen LogP contribution in [0.15, 0.2) is 0 Å². The SMILES string of the molecule is CCC(=O)OCC(C)(C)CC1CCC(C)CC1. The van der Waals surface area contributed by atoms with Crippen molar-refractivity contribution in [2.24, 2.45) is 17.3 Å². The summed E-state index contributed by atoms with van der Waals surface area (Å²) in [6, 6.07) is 0. The molecule has 0 heterocycles. The molecular formula is C15H28O2. The lowest BCUT2D eigenvalue weighted by molar-refractivity contribution is -0.146. The van der Waals surface area contributed by atoms with Crippen molar-refractivity contribution in [1.82, 2.24) is 0 Å². The maximum Gasteiger partial charge on any atom is 0.305 e. The lowest BCUT2D eigenvalue weighted by Gasteiger charge is -2.33. The summed E-state index contributed by atoms with van der Waals surface area (Å²) < 4.78 is 5.28. The molecule has 1 aliphatic rings. The average Bonchev–Trinajstić information content (AvgIpc) is 2.29. The number of ether oxygens (including phenoxy) is 1. The van der Waals surface area contributed by atoms with E-state index in [1.54, 1.807) is 0 Å². The topological polar surface area (TPSA) is 26.3 Å². The summed E-state index contributed by atoms with van der Waals surface area (Å²) in [6.45, 7) is 9.20. The fourth-order valence-electron chi connectivity index (χ4n) is 2.75. The third kappa shape index (κ3) is 5.56. The largest absolute Gasteiger partial charge is 0.465 e. The lowest BCUT2D eigenvalue weighted by Crippen LogP contribution is -2.26. The van der Waals surface area contributed by atoms with Gasteiger partial charge in [-0.2, -0.15) is 0 Å². The highest BCUT2D eigenvalue weighted by molar-refractivity contribution is 5.68. The van der Waals surface area contributed by atoms with Gasteiger partial charge in [0.1, 0.15) is 0 Å². The summed E-state index contributed by atoms with van der Waals surface area (Å²) >= 11 is 0. The van der Waals surface area contributed by atoms with Gasteiger partial charge in [-0.15, -0.1) is 0 Å². The zero-order valence-electron chi connectivity index (χ0n) is 11.9. The van der Waals surface area contributed by atoms with E-state index < -0.39 is 0 Å². The van der Waals surface area contributed by atoms with Crippen LogP contribution in [0.3, 0.4) is 0 Å². The highest BCUT2D eigenvalue weighted by Gasteiger charge is 2.27. The Morgan fingerprint density at radius 2 is 1.82 bits per heavy atom. The van der Waals surface area contributed by atoms with Gasteiger partial charge in [-0.3, -0.25) is 4.79 Å². The number of hydrogen-bond acceptors (Lipinski definition) is 2. The molecule has 17 heavy (non-hydrogen) atoms. The van der Waals surface area contributed by atoms with Crippen molar-refractivity contribution in [3.63, 3.8) is 0 Å². The smallest absolute Gasteiger partial charge is 0.305 e. The molecule has 1 fully saturated rings. The quantitative estimate of drug-likeness (QED) is 0.674. The third-order valence-electron chi connectivity index (χ3n) is 3.89. The van der Waals surface area contributed by atoms with E-state index in [9.17, 15) is 4.79 Å². The second-order valence-corrected chi connectivity index (χ2v) is 6.51. The molecule has 0 N–H and O–H groups in total. The molecule has 0 atom stereocenters. The Labute approximate surface area is 106 Å². The fourth-order valence-corrected chi connectivity index (χ4v) is 2.75. The van der Waals surface area contributed by atoms with Crippen LogP contribution in [0.25, 0.3) is 0 Å². The van der Waals surface area contributed by atoms with Crippen LogP contribution in [0.5, 0.6) is 0 Å². The number of carbonyl (C=O) groups is 1. The van der Waals surface area contributed by atoms with Crippen molar-refractivity contribution in [2.45, 2.75) is 66.2 Å². The summed E-state index contributed by atoms with van der Waals surface area (Å²) in [5.41, 5.74) is 0.135. The lowest BCUT2D eigenvalue weighted by atomic mass is 9.74. The van der Waals surface area contributed by atoms with Crippen LogP contribution >= 0.6 is 0 Å². The van der Waals surface area contributed by atoms with E-state index >= 15 is 0 Å². The summed E-state index contributed by atoms with van der Waals surface area (Å²) in [7, 11) is 0. The van der Waals surface area contributed by atoms with Gasteiger partial charge in [0.2, 0.25) is 0 Å². The van der Waals surface area contributed by atoms with E-state index in [1.807, 2.05) is 6.92 Å². The predicted molar refractivity (Wildman–Crippen MR) is 70.8 cm³/mol. The van der Waals surface area contributed by atoms with Crippen molar-refractivity contribution < 1.29 is 9.53 Å². The van der Waals surface area contributed by atoms with Crippen LogP contribution in [-0.2, 0) is 9.53 Å². The van der Waals surface area contributed by atoms with Crippen molar-refractivity contribution >= 4 is 5.97 Å². The zero-order valence-corrected chi connectivity index (χ0v) is 11.9. The Balaban J connectivity index is 2.30. The van der Waals surface area contributed by atoms with Gasteiger partial charge in [-0.05, 0) is 23.7 Å². The molecule has 1 saturated carbocycles. The Hall–Kier alpha value is -0.530. The standard InChI is InChI=1S/C15H28O2/c1-5-14(16)17-11-15(3,4)10-13-8-6-12(2)7-9-13/h12-13H,5-11H2,1-4H3. The molecule has 0 unspecified atom stereocenters. The summed E-state index contributed by atoms with van der Waals surface area (Å²) in [5.74, 6) is 1.67. The van der Waals surface area contributed by atoms with Gasteiger partial charge in [0.15, 0.2) is 0 Å². The first-order chi connectivity index (χ1) is 7.93. The van der Waals surface area contributed by atoms with Gasteiger partial charge >= 0.3 is 5.97 Å². The van der Waals surface area contributed by atoms with Crippen molar-refractivity contribution in [3.8, 4) is 0 Å². The minimum absolute atomic E-state index is 0.0738. The van der Waals surface area contributed by atoms with Crippen LogP contribution in [0.2, 0.25) is 0 Å². The van der Waals surface area contributed by atoms with Gasteiger partial charge < -0.3 is 4.74 Å². The fraction of sp³-hybridized carbons (Fsp3) is 0.933. The summed E-state index contributed by atoms with van der Waals surface area (Å²) in [4.78, 5) is 11.2. The van der Waals surface area contributed by atoms with Crippen LogP contribution in [-0.4, -0.2) is 12.6 Å². The molecule has 0 radical (unpaired) electrons. The maximum atomic E-state index is 11.2. The summed E-state index contributed by atoms with van der Waals surface area (Å²) in [5, 5.41) is 0. The Morgan fingerprint density at radius 1 is 1.24 bits per heavy atom. The zero-order chi connectivity index (χ0) is 12.9. The Morgan fingerprint density at radius 3 is 2.35 bits per heavy atom. The normalized spacial score (nSPS) is 25.6. The van der Waals surface area contributed by atoms with Crippen LogP contribution in [0.4, 0.5) is 0 Å². The van der Waals surface area contributed by atoms with Crippen molar-refractivity contribution in [2.75, 3.05) is 6.61 Å². The molecule has 2 heteroatoms. The second kappa shape index (κ2) is 6.42. The van der Waals surface area contributed by atoms with Gasteiger partial charge in [0, 0.05) is 6.42 Å². The van der Waals surface area contributed by atoms with Gasteiger partial charge in [-0.1, -0.05) is 53.4 Å². The first kappa shape index (κ1) is 14.5. The number of esters is 1. The van der Waals surface area contributed by atoms with E-state index in [4.69, 9.17) is 4.74 Å². The minimum Gasteiger partial charge on any atom is -0.465 e. The Bertz CT molecular complexity index is 237. The molecule has 0 saturated heterocycles. The molecule has 0 bridgehead atoms. The van der Waals surface area contributed by atoms with E-state index in [2.05, 4.69) is 20.8 Å². The summed E-state index contributed by atoms with van der Waals surface area (Å²) in [6.07, 6.45) is 7.12.